The fourth-order valence-electron chi connectivity index (χ4n) is 3.50. The molecule has 2 fully saturated rings. The molecule has 20 heavy (non-hydrogen) atoms. The molecule has 3 rings (SSSR count). The molecule has 2 unspecified atom stereocenters. The van der Waals surface area contributed by atoms with E-state index in [4.69, 9.17) is 0 Å². The minimum Gasteiger partial charge on any atom is -0.349 e. The summed E-state index contributed by atoms with van der Waals surface area (Å²) in [6.45, 7) is 4.07. The molecular weight excluding hydrogens is 255 g/mol. The number of piperidine rings is 1. The van der Waals surface area contributed by atoms with Gasteiger partial charge in [-0.3, -0.25) is 4.79 Å². The van der Waals surface area contributed by atoms with E-state index in [9.17, 15) is 9.18 Å². The van der Waals surface area contributed by atoms with E-state index in [1.54, 1.807) is 13.0 Å². The quantitative estimate of drug-likeness (QED) is 0.900. The maximum absolute atomic E-state index is 13.1. The van der Waals surface area contributed by atoms with E-state index in [1.807, 2.05) is 0 Å². The first-order valence-electron chi connectivity index (χ1n) is 7.44. The van der Waals surface area contributed by atoms with Crippen LogP contribution in [0.15, 0.2) is 18.2 Å². The summed E-state index contributed by atoms with van der Waals surface area (Å²) in [4.78, 5) is 14.8. The van der Waals surface area contributed by atoms with Crippen LogP contribution in [-0.4, -0.2) is 36.0 Å². The molecule has 0 saturated carbocycles. The van der Waals surface area contributed by atoms with Crippen molar-refractivity contribution in [3.05, 3.63) is 35.1 Å². The number of nitrogens with one attached hydrogen (secondary N) is 1. The second kappa shape index (κ2) is 5.52. The van der Waals surface area contributed by atoms with Gasteiger partial charge in [0.05, 0.1) is 0 Å². The van der Waals surface area contributed by atoms with Crippen LogP contribution in [-0.2, 0) is 0 Å². The summed E-state index contributed by atoms with van der Waals surface area (Å²) in [5.74, 6) is -0.364. The first-order valence-corrected chi connectivity index (χ1v) is 7.44. The van der Waals surface area contributed by atoms with E-state index in [2.05, 4.69) is 10.2 Å². The first kappa shape index (κ1) is 13.6. The van der Waals surface area contributed by atoms with Crippen molar-refractivity contribution in [2.75, 3.05) is 13.1 Å². The molecule has 2 aliphatic rings. The van der Waals surface area contributed by atoms with Crippen LogP contribution in [0.2, 0.25) is 0 Å². The molecule has 2 aliphatic heterocycles. The summed E-state index contributed by atoms with van der Waals surface area (Å²) in [6.07, 6.45) is 4.60. The molecule has 0 spiro atoms. The SMILES string of the molecule is Cc1cc(F)ccc1C(=O)NC1CCN2CCCC2C1. The molecule has 0 bridgehead atoms. The van der Waals surface area contributed by atoms with E-state index >= 15 is 0 Å². The van der Waals surface area contributed by atoms with Crippen molar-refractivity contribution in [2.24, 2.45) is 0 Å². The fraction of sp³-hybridized carbons (Fsp3) is 0.562. The van der Waals surface area contributed by atoms with Gasteiger partial charge in [0, 0.05) is 24.2 Å². The Morgan fingerprint density at radius 2 is 2.20 bits per heavy atom. The zero-order valence-corrected chi connectivity index (χ0v) is 11.9. The molecule has 1 aromatic carbocycles. The molecule has 2 heterocycles. The third-order valence-corrected chi connectivity index (χ3v) is 4.59. The Labute approximate surface area is 119 Å². The molecule has 2 saturated heterocycles. The number of carbonyl (C=O) groups is 1. The molecule has 108 valence electrons. The van der Waals surface area contributed by atoms with Crippen molar-refractivity contribution < 1.29 is 9.18 Å². The Morgan fingerprint density at radius 3 is 3.00 bits per heavy atom. The van der Waals surface area contributed by atoms with E-state index in [0.29, 0.717) is 17.2 Å². The Morgan fingerprint density at radius 1 is 1.35 bits per heavy atom. The maximum atomic E-state index is 13.1. The maximum Gasteiger partial charge on any atom is 0.251 e. The second-order valence-corrected chi connectivity index (χ2v) is 5.99. The molecule has 1 aromatic rings. The largest absolute Gasteiger partial charge is 0.349 e. The highest BCUT2D eigenvalue weighted by Crippen LogP contribution is 2.27. The normalized spacial score (nSPS) is 26.3. The van der Waals surface area contributed by atoms with Crippen LogP contribution < -0.4 is 5.32 Å². The smallest absolute Gasteiger partial charge is 0.251 e. The van der Waals surface area contributed by atoms with Crippen LogP contribution in [0.3, 0.4) is 0 Å². The molecule has 4 heteroatoms. The first-order chi connectivity index (χ1) is 9.63. The second-order valence-electron chi connectivity index (χ2n) is 5.99. The van der Waals surface area contributed by atoms with Crippen molar-refractivity contribution >= 4 is 5.91 Å². The van der Waals surface area contributed by atoms with E-state index in [-0.39, 0.29) is 17.8 Å². The van der Waals surface area contributed by atoms with Gasteiger partial charge in [0.2, 0.25) is 0 Å². The number of fused-ring (bicyclic) bond motifs is 1. The van der Waals surface area contributed by atoms with Crippen molar-refractivity contribution in [3.8, 4) is 0 Å². The molecule has 0 aliphatic carbocycles. The number of hydrogen-bond acceptors (Lipinski definition) is 2. The minimum absolute atomic E-state index is 0.0704. The number of halogens is 1. The zero-order valence-electron chi connectivity index (χ0n) is 11.9. The van der Waals surface area contributed by atoms with Crippen LogP contribution in [0.5, 0.6) is 0 Å². The highest BCUT2D eigenvalue weighted by atomic mass is 19.1. The van der Waals surface area contributed by atoms with E-state index < -0.39 is 0 Å². The Kier molecular flexibility index (Phi) is 3.74. The van der Waals surface area contributed by atoms with E-state index in [1.165, 1.54) is 31.5 Å². The number of nitrogens with zero attached hydrogens (tertiary/aromatic N) is 1. The predicted molar refractivity (Wildman–Crippen MR) is 76.2 cm³/mol. The molecule has 0 aromatic heterocycles. The fourth-order valence-corrected chi connectivity index (χ4v) is 3.50. The van der Waals surface area contributed by atoms with E-state index in [0.717, 1.165) is 19.4 Å². The summed E-state index contributed by atoms with van der Waals surface area (Å²) in [5, 5.41) is 3.12. The van der Waals surface area contributed by atoms with Crippen LogP contribution in [0.25, 0.3) is 0 Å². The number of rotatable bonds is 2. The highest BCUT2D eigenvalue weighted by Gasteiger charge is 2.32. The van der Waals surface area contributed by atoms with Gasteiger partial charge < -0.3 is 10.2 Å². The topological polar surface area (TPSA) is 32.3 Å². The summed E-state index contributed by atoms with van der Waals surface area (Å²) in [7, 11) is 0. The average Bonchev–Trinajstić information content (AvgIpc) is 2.85. The number of carbonyl (C=O) groups excluding carboxylic acids is 1. The van der Waals surface area contributed by atoms with Gasteiger partial charge in [-0.05, 0) is 62.9 Å². The van der Waals surface area contributed by atoms with Gasteiger partial charge >= 0.3 is 0 Å². The summed E-state index contributed by atoms with van der Waals surface area (Å²) in [6, 6.07) is 5.23. The Bertz CT molecular complexity index is 517. The lowest BCUT2D eigenvalue weighted by atomic mass is 9.97. The third-order valence-electron chi connectivity index (χ3n) is 4.59. The van der Waals surface area contributed by atoms with Gasteiger partial charge in [-0.15, -0.1) is 0 Å². The lowest BCUT2D eigenvalue weighted by Gasteiger charge is -2.35. The summed E-state index contributed by atoms with van der Waals surface area (Å²) >= 11 is 0. The number of benzene rings is 1. The predicted octanol–water partition coefficient (Wildman–Crippen LogP) is 2.49. The Hall–Kier alpha value is -1.42. The lowest BCUT2D eigenvalue weighted by Crippen LogP contribution is -2.47. The van der Waals surface area contributed by atoms with Gasteiger partial charge in [0.15, 0.2) is 0 Å². The molecule has 3 nitrogen and oxygen atoms in total. The molecule has 1 amide bonds. The highest BCUT2D eigenvalue weighted by molar-refractivity contribution is 5.95. The number of hydrogen-bond donors (Lipinski definition) is 1. The van der Waals surface area contributed by atoms with Crippen molar-refractivity contribution in [1.29, 1.82) is 0 Å². The average molecular weight is 276 g/mol. The monoisotopic (exact) mass is 276 g/mol. The van der Waals surface area contributed by atoms with Crippen LogP contribution in [0.1, 0.15) is 41.6 Å². The summed E-state index contributed by atoms with van der Waals surface area (Å²) in [5.41, 5.74) is 1.28. The van der Waals surface area contributed by atoms with Crippen molar-refractivity contribution in [2.45, 2.75) is 44.7 Å². The van der Waals surface area contributed by atoms with Gasteiger partial charge in [-0.1, -0.05) is 0 Å². The third kappa shape index (κ3) is 2.70. The van der Waals surface area contributed by atoms with Crippen molar-refractivity contribution in [1.82, 2.24) is 10.2 Å². The Balaban J connectivity index is 1.64. The van der Waals surface area contributed by atoms with Crippen LogP contribution >= 0.6 is 0 Å². The minimum atomic E-state index is -0.293. The van der Waals surface area contributed by atoms with Crippen molar-refractivity contribution in [3.63, 3.8) is 0 Å². The standard InChI is InChI=1S/C16H21FN2O/c1-11-9-12(17)4-5-15(11)16(20)18-13-6-8-19-7-2-3-14(19)10-13/h4-5,9,13-14H,2-3,6-8,10H2,1H3,(H,18,20). The lowest BCUT2D eigenvalue weighted by molar-refractivity contribution is 0.0895. The molecule has 1 N–H and O–H groups in total. The molecular formula is C16H21FN2O. The van der Waals surface area contributed by atoms with Gasteiger partial charge in [-0.25, -0.2) is 4.39 Å². The number of aryl methyl sites for hydroxylation is 1. The van der Waals surface area contributed by atoms with Gasteiger partial charge in [0.25, 0.3) is 5.91 Å². The molecule has 0 radical (unpaired) electrons. The van der Waals surface area contributed by atoms with Gasteiger partial charge in [0.1, 0.15) is 5.82 Å². The number of amides is 1. The zero-order chi connectivity index (χ0) is 14.1. The van der Waals surface area contributed by atoms with Gasteiger partial charge in [-0.2, -0.15) is 0 Å². The summed E-state index contributed by atoms with van der Waals surface area (Å²) < 4.78 is 13.1. The van der Waals surface area contributed by atoms with Crippen LogP contribution in [0.4, 0.5) is 4.39 Å². The molecule has 2 atom stereocenters. The van der Waals surface area contributed by atoms with Crippen LogP contribution in [0, 0.1) is 12.7 Å².